The minimum Gasteiger partial charge on any atom is -0.479 e. The number of hydrogen-bond acceptors (Lipinski definition) is 23. The molecule has 36 heteroatoms. The molecule has 0 aliphatic carbocycles. The van der Waals surface area contributed by atoms with Gasteiger partial charge in [-0.2, -0.15) is 0 Å². The lowest BCUT2D eigenvalue weighted by molar-refractivity contribution is -0.128. The number of esters is 2. The first-order valence-electron chi connectivity index (χ1n) is 46.1. The molecular formula is C96H165N2O19PS4Si10. The van der Waals surface area contributed by atoms with Crippen LogP contribution in [0.2, 0.25) is 155 Å². The van der Waals surface area contributed by atoms with Crippen LogP contribution < -0.4 is 5.30 Å². The zero-order valence-electron chi connectivity index (χ0n) is 84.2. The minimum absolute atomic E-state index is 0. The van der Waals surface area contributed by atoms with Gasteiger partial charge in [0.2, 0.25) is 38.8 Å². The Balaban J connectivity index is 0.000000650. The Morgan fingerprint density at radius 2 is 0.795 bits per heavy atom. The molecular weight excluding hydrogens is 1930 g/mol. The molecule has 5 aromatic rings. The number of hydrogen-bond donors (Lipinski definition) is 0. The van der Waals surface area contributed by atoms with Crippen LogP contribution in [-0.4, -0.2) is 183 Å². The molecule has 0 bridgehead atoms. The molecule has 5 aromatic carbocycles. The molecule has 2 aliphatic rings. The fourth-order valence-electron chi connectivity index (χ4n) is 16.9. The fourth-order valence-corrected chi connectivity index (χ4v) is 71.4. The summed E-state index contributed by atoms with van der Waals surface area (Å²) in [7, 11) is -26.5. The normalized spacial score (nSPS) is 13.8. The van der Waals surface area contributed by atoms with E-state index in [2.05, 4.69) is 151 Å². The highest BCUT2D eigenvalue weighted by Crippen LogP contribution is 2.53. The molecule has 0 aromatic heterocycles. The number of ether oxygens (including phenoxy) is 4. The van der Waals surface area contributed by atoms with E-state index < -0.39 is 103 Å². The van der Waals surface area contributed by atoms with Crippen LogP contribution in [0.1, 0.15) is 199 Å². The monoisotopic (exact) mass is 2090 g/mol. The summed E-state index contributed by atoms with van der Waals surface area (Å²) in [5, 5.41) is 0.216. The number of aryl methyl sites for hydroxylation is 7. The molecule has 132 heavy (non-hydrogen) atoms. The van der Waals surface area contributed by atoms with E-state index in [9.17, 15) is 33.3 Å². The van der Waals surface area contributed by atoms with Crippen molar-refractivity contribution in [2.75, 3.05) is 39.5 Å². The van der Waals surface area contributed by atoms with Gasteiger partial charge in [-0.05, 0) is 337 Å². The second kappa shape index (κ2) is 56.2. The lowest BCUT2D eigenvalue weighted by Gasteiger charge is -2.42. The van der Waals surface area contributed by atoms with Gasteiger partial charge >= 0.3 is 63.3 Å². The van der Waals surface area contributed by atoms with Gasteiger partial charge < -0.3 is 66.2 Å². The van der Waals surface area contributed by atoms with Gasteiger partial charge in [-0.15, -0.1) is 0 Å². The number of benzene rings is 5. The van der Waals surface area contributed by atoms with Crippen molar-refractivity contribution in [1.82, 2.24) is 9.80 Å². The predicted molar refractivity (Wildman–Crippen MR) is 584 cm³/mol. The number of carbonyl (C=O) groups excluding carboxylic acids is 6. The maximum Gasteiger partial charge on any atom is 0.338 e. The molecule has 7 rings (SSSR count). The van der Waals surface area contributed by atoms with Crippen molar-refractivity contribution in [3.8, 4) is 0 Å². The molecule has 742 valence electrons. The van der Waals surface area contributed by atoms with Gasteiger partial charge in [0.15, 0.2) is 33.3 Å². The van der Waals surface area contributed by atoms with E-state index in [0.29, 0.717) is 76.0 Å². The van der Waals surface area contributed by atoms with E-state index in [-0.39, 0.29) is 49.3 Å². The Bertz CT molecular complexity index is 4480. The molecule has 2 aliphatic heterocycles. The zero-order valence-corrected chi connectivity index (χ0v) is 98.3. The first kappa shape index (κ1) is 124. The van der Waals surface area contributed by atoms with Crippen LogP contribution in [0.3, 0.4) is 0 Å². The van der Waals surface area contributed by atoms with Gasteiger partial charge in [0.1, 0.15) is 0 Å². The van der Waals surface area contributed by atoms with E-state index >= 15 is 0 Å². The van der Waals surface area contributed by atoms with E-state index in [1.165, 1.54) is 49.2 Å². The second-order valence-corrected chi connectivity index (χ2v) is 84.1. The number of rotatable bonds is 47. The van der Waals surface area contributed by atoms with Gasteiger partial charge in [0.25, 0.3) is 0 Å². The number of thioether (sulfide) groups is 2. The number of nitrogens with zero attached hydrogens (tertiary/aromatic N) is 2. The molecule has 0 saturated carbocycles. The SMILES string of the molecule is C.C.C=CN1CCCC1=O.CCCC[Si](C)(C)O[Si](C)(C)O[Si](C)(C)O[Si](C)(C)O[Si](C)(C)CCCOC(=O)c1ccc(CCC(SC(=S)OCC)N2CCCC2=O)cc1.CCCC[Si](C)(C)O[Si](C)(C)O[Si](C)(C)O[Si](C)(C)O[Si](C)(C)CCCOC(=O)c1ccc(CSC(=S)OCC)cc1.Cc1cc(C)c(C(=O)P(=O)(C(=O)c2c(C)cc(C)cc2C)c2ccccc2)c(C)c1. The Morgan fingerprint density at radius 1 is 0.455 bits per heavy atom. The van der Waals surface area contributed by atoms with Crippen molar-refractivity contribution in [1.29, 1.82) is 0 Å². The first-order chi connectivity index (χ1) is 60.2. The fraction of sp³-hybridized carbons (Fsp3) is 0.583. The van der Waals surface area contributed by atoms with Crippen LogP contribution in [0.4, 0.5) is 0 Å². The summed E-state index contributed by atoms with van der Waals surface area (Å²) in [5.74, 6) is 0.447. The molecule has 1 unspecified atom stereocenters. The smallest absolute Gasteiger partial charge is 0.338 e. The van der Waals surface area contributed by atoms with E-state index in [1.807, 2.05) is 121 Å². The minimum atomic E-state index is -4.11. The highest BCUT2D eigenvalue weighted by atomic mass is 32.2. The third-order valence-corrected chi connectivity index (χ3v) is 65.1. The highest BCUT2D eigenvalue weighted by Gasteiger charge is 2.49. The van der Waals surface area contributed by atoms with Gasteiger partial charge in [-0.3, -0.25) is 19.2 Å². The van der Waals surface area contributed by atoms with Crippen LogP contribution in [-0.2, 0) is 78.2 Å². The second-order valence-electron chi connectivity index (χ2n) is 38.8. The predicted octanol–water partition coefficient (Wildman–Crippen LogP) is 27.0. The number of likely N-dealkylation sites (tertiary alicyclic amines) is 2. The summed E-state index contributed by atoms with van der Waals surface area (Å²) >= 11 is 13.4. The highest BCUT2D eigenvalue weighted by molar-refractivity contribution is 8.23. The van der Waals surface area contributed by atoms with Crippen LogP contribution >= 0.6 is 55.1 Å². The van der Waals surface area contributed by atoms with Crippen LogP contribution in [0.25, 0.3) is 0 Å². The van der Waals surface area contributed by atoms with Crippen molar-refractivity contribution in [2.24, 2.45) is 0 Å². The molecule has 0 N–H and O–H groups in total. The topological polar surface area (TPSA) is 237 Å². The van der Waals surface area contributed by atoms with Gasteiger partial charge in [-0.1, -0.05) is 174 Å². The first-order valence-corrected chi connectivity index (χ1v) is 79.8. The third kappa shape index (κ3) is 44.4. The Labute approximate surface area is 826 Å². The molecule has 2 saturated heterocycles. The Kier molecular flexibility index (Phi) is 52.6. The van der Waals surface area contributed by atoms with Crippen molar-refractivity contribution in [3.05, 3.63) is 183 Å². The van der Waals surface area contributed by atoms with Crippen molar-refractivity contribution >= 4 is 189 Å². The van der Waals surface area contributed by atoms with Crippen molar-refractivity contribution < 1.29 is 85.2 Å². The lowest BCUT2D eigenvalue weighted by Crippen LogP contribution is -2.58. The Morgan fingerprint density at radius 3 is 1.12 bits per heavy atom. The van der Waals surface area contributed by atoms with Gasteiger partial charge in [-0.25, -0.2) is 9.59 Å². The third-order valence-electron chi connectivity index (χ3n) is 21.1. The van der Waals surface area contributed by atoms with Crippen molar-refractivity contribution in [2.45, 2.75) is 327 Å². The summed E-state index contributed by atoms with van der Waals surface area (Å²) in [5.41, 5.74) is 7.80. The van der Waals surface area contributed by atoms with Gasteiger partial charge in [0.05, 0.1) is 42.9 Å². The van der Waals surface area contributed by atoms with E-state index in [0.717, 1.165) is 120 Å². The standard InChI is InChI=1S/C34H65NO8S2Si5.C28H56O7S2Si5.C26H27O3P.C6H9NO.2CH4/c1-13-15-27-46(3,4)40-48(7,8)42-50(11,12)43-49(9,10)41-47(5,6)28-17-26-39-33(37)30-22-19-29(20-23-30)21-24-32(45-34(44)38-14-2)35-25-16-18-31(35)36;1-13-15-22-38(3,4)32-40(7,8)34-42(11,12)35-41(9,10)33-39(5,6)23-16-21-31-27(29)26-19-17-25(18-20-26)24-37-28(36)30-14-2;1-16-12-18(3)23(19(4)13-16)25(27)30(29,22-10-8-7-9-11-22)26(28)24-20(5)14-17(2)15-21(24)6;1-2-7-5-3-4-6(7)8;;/h19-20,22-23,32H,13-18,21,24-28H2,1-12H3;17-20H,13-16,21-24H2,1-12H3;7-15H,1-6H3;2H,1,3-5H2;2*1H4. The largest absolute Gasteiger partial charge is 0.479 e. The number of thiocarbonyl (C=S) groups is 2. The van der Waals surface area contributed by atoms with Crippen molar-refractivity contribution in [3.63, 3.8) is 0 Å². The molecule has 1 atom stereocenters. The molecule has 2 fully saturated rings. The maximum absolute atomic E-state index is 14.5. The summed E-state index contributed by atoms with van der Waals surface area (Å²) < 4.78 is 91.1. The van der Waals surface area contributed by atoms with Crippen LogP contribution in [0.5, 0.6) is 0 Å². The summed E-state index contributed by atoms with van der Waals surface area (Å²) in [6.45, 7) is 69.8. The molecule has 2 amide bonds. The molecule has 2 heterocycles. The molecule has 0 spiro atoms. The number of carbonyl (C=O) groups is 6. The van der Waals surface area contributed by atoms with Crippen LogP contribution in [0.15, 0.2) is 116 Å². The summed E-state index contributed by atoms with van der Waals surface area (Å²) in [6, 6.07) is 35.0. The number of unbranched alkanes of at least 4 members (excludes halogenated alkanes) is 2. The summed E-state index contributed by atoms with van der Waals surface area (Å²) in [4.78, 5) is 79.7. The van der Waals surface area contributed by atoms with E-state index in [4.69, 9.17) is 76.3 Å². The zero-order chi connectivity index (χ0) is 98.2. The summed E-state index contributed by atoms with van der Waals surface area (Å²) in [6.07, 6.45) is 12.5. The maximum atomic E-state index is 14.5. The molecule has 21 nitrogen and oxygen atoms in total. The van der Waals surface area contributed by atoms with E-state index in [1.54, 1.807) is 53.6 Å². The molecule has 0 radical (unpaired) electrons. The lowest BCUT2D eigenvalue weighted by atomic mass is 10.0. The Hall–Kier alpha value is -4.38. The number of amides is 2. The van der Waals surface area contributed by atoms with Crippen LogP contribution in [0, 0.1) is 41.5 Å². The quantitative estimate of drug-likeness (QED) is 0.0116. The van der Waals surface area contributed by atoms with Gasteiger partial charge in [0, 0.05) is 48.1 Å². The average molecular weight is 2090 g/mol. The average Bonchev–Trinajstić information content (AvgIpc) is 0.781.